The third kappa shape index (κ3) is 8.06. The number of benzene rings is 2. The summed E-state index contributed by atoms with van der Waals surface area (Å²) in [6.07, 6.45) is 1.57. The number of fused-ring (bicyclic) bond motifs is 1. The number of hydrogen-bond acceptors (Lipinski definition) is 10. The maximum absolute atomic E-state index is 13.9. The number of halogens is 2. The van der Waals surface area contributed by atoms with Gasteiger partial charge in [-0.05, 0) is 57.1 Å². The SMILES string of the molecule is CCOC(=O)n1nc(NC(=O)c2ccc(OCCN3CCCC3)cc2NCCOC)c2c1CCN(S(=O)(=O)c1cc(F)cc(F)c1)C2. The van der Waals surface area contributed by atoms with Crippen molar-refractivity contribution >= 4 is 33.5 Å². The van der Waals surface area contributed by atoms with E-state index in [0.29, 0.717) is 43.0 Å². The summed E-state index contributed by atoms with van der Waals surface area (Å²) in [6, 6.07) is 7.04. The molecule has 1 fully saturated rings. The van der Waals surface area contributed by atoms with E-state index >= 15 is 0 Å². The zero-order chi connectivity index (χ0) is 33.6. The molecule has 2 aliphatic heterocycles. The molecule has 13 nitrogen and oxygen atoms in total. The molecule has 2 aromatic carbocycles. The number of likely N-dealkylation sites (tertiary alicyclic amines) is 1. The fourth-order valence-electron chi connectivity index (χ4n) is 5.58. The number of sulfonamides is 1. The van der Waals surface area contributed by atoms with Gasteiger partial charge in [0.05, 0.1) is 35.1 Å². The molecule has 47 heavy (non-hydrogen) atoms. The van der Waals surface area contributed by atoms with Gasteiger partial charge in [-0.3, -0.25) is 9.69 Å². The second-order valence-corrected chi connectivity index (χ2v) is 13.0. The summed E-state index contributed by atoms with van der Waals surface area (Å²) >= 11 is 0. The summed E-state index contributed by atoms with van der Waals surface area (Å²) in [5.41, 5.74) is 1.29. The lowest BCUT2D eigenvalue weighted by molar-refractivity contribution is 0.102. The van der Waals surface area contributed by atoms with Crippen LogP contribution in [0.2, 0.25) is 0 Å². The highest BCUT2D eigenvalue weighted by Gasteiger charge is 2.35. The summed E-state index contributed by atoms with van der Waals surface area (Å²) < 4.78 is 72.9. The van der Waals surface area contributed by atoms with Gasteiger partial charge in [0.25, 0.3) is 5.91 Å². The minimum Gasteiger partial charge on any atom is -0.492 e. The van der Waals surface area contributed by atoms with E-state index in [1.54, 1.807) is 32.2 Å². The predicted octanol–water partition coefficient (Wildman–Crippen LogP) is 3.70. The molecular weight excluding hydrogens is 638 g/mol. The number of hydrogen-bond donors (Lipinski definition) is 2. The molecule has 0 atom stereocenters. The minimum absolute atomic E-state index is 0.0152. The molecule has 3 heterocycles. The summed E-state index contributed by atoms with van der Waals surface area (Å²) in [4.78, 5) is 28.3. The number of carbonyl (C=O) groups is 2. The van der Waals surface area contributed by atoms with Crippen LogP contribution in [0.15, 0.2) is 41.3 Å². The monoisotopic (exact) mass is 676 g/mol. The van der Waals surface area contributed by atoms with E-state index < -0.39 is 38.6 Å². The minimum atomic E-state index is -4.36. The van der Waals surface area contributed by atoms with Crippen LogP contribution in [0.5, 0.6) is 5.75 Å². The lowest BCUT2D eigenvalue weighted by Gasteiger charge is -2.27. The van der Waals surface area contributed by atoms with E-state index in [-0.39, 0.29) is 43.1 Å². The molecule has 1 amide bonds. The topological polar surface area (TPSA) is 144 Å². The van der Waals surface area contributed by atoms with Crippen LogP contribution in [-0.2, 0) is 32.5 Å². The van der Waals surface area contributed by atoms with E-state index in [9.17, 15) is 26.8 Å². The Morgan fingerprint density at radius 3 is 2.47 bits per heavy atom. The summed E-state index contributed by atoms with van der Waals surface area (Å²) in [7, 11) is -2.80. The Hall–Kier alpha value is -4.12. The summed E-state index contributed by atoms with van der Waals surface area (Å²) in [6.45, 7) is 5.40. The fourth-order valence-corrected chi connectivity index (χ4v) is 7.03. The van der Waals surface area contributed by atoms with Crippen molar-refractivity contribution in [2.24, 2.45) is 0 Å². The molecule has 2 aliphatic rings. The molecule has 0 saturated carbocycles. The average Bonchev–Trinajstić information content (AvgIpc) is 3.69. The highest BCUT2D eigenvalue weighted by Crippen LogP contribution is 2.32. The molecule has 0 bridgehead atoms. The summed E-state index contributed by atoms with van der Waals surface area (Å²) in [5.74, 6) is -2.15. The summed E-state index contributed by atoms with van der Waals surface area (Å²) in [5, 5.41) is 10.2. The van der Waals surface area contributed by atoms with Gasteiger partial charge in [-0.25, -0.2) is 22.0 Å². The molecule has 16 heteroatoms. The Kier molecular flexibility index (Phi) is 11.1. The zero-order valence-electron chi connectivity index (χ0n) is 26.3. The van der Waals surface area contributed by atoms with E-state index in [1.165, 1.54) is 12.8 Å². The lowest BCUT2D eigenvalue weighted by atomic mass is 10.1. The van der Waals surface area contributed by atoms with Crippen molar-refractivity contribution in [1.82, 2.24) is 19.0 Å². The van der Waals surface area contributed by atoms with Gasteiger partial charge in [0.2, 0.25) is 10.0 Å². The van der Waals surface area contributed by atoms with Crippen molar-refractivity contribution in [2.45, 2.75) is 37.6 Å². The van der Waals surface area contributed by atoms with Crippen LogP contribution < -0.4 is 15.4 Å². The van der Waals surface area contributed by atoms with Crippen molar-refractivity contribution in [3.63, 3.8) is 0 Å². The number of aromatic nitrogens is 2. The smallest absolute Gasteiger partial charge is 0.434 e. The van der Waals surface area contributed by atoms with Gasteiger partial charge in [0, 0.05) is 57.4 Å². The largest absolute Gasteiger partial charge is 0.492 e. The molecule has 0 radical (unpaired) electrons. The van der Waals surface area contributed by atoms with Crippen molar-refractivity contribution < 1.29 is 41.0 Å². The quantitative estimate of drug-likeness (QED) is 0.257. The highest BCUT2D eigenvalue weighted by atomic mass is 32.2. The maximum atomic E-state index is 13.9. The Balaban J connectivity index is 1.41. The van der Waals surface area contributed by atoms with Gasteiger partial charge in [-0.15, -0.1) is 5.10 Å². The third-order valence-corrected chi connectivity index (χ3v) is 9.72. The predicted molar refractivity (Wildman–Crippen MR) is 168 cm³/mol. The number of nitrogens with one attached hydrogen (secondary N) is 2. The number of methoxy groups -OCH3 is 1. The van der Waals surface area contributed by atoms with Crippen molar-refractivity contribution in [1.29, 1.82) is 0 Å². The van der Waals surface area contributed by atoms with Crippen LogP contribution in [0.25, 0.3) is 0 Å². The Morgan fingerprint density at radius 1 is 1.02 bits per heavy atom. The van der Waals surface area contributed by atoms with Crippen molar-refractivity contribution in [2.75, 3.05) is 70.3 Å². The lowest BCUT2D eigenvalue weighted by Crippen LogP contribution is -2.37. The van der Waals surface area contributed by atoms with Crippen LogP contribution in [-0.4, -0.2) is 99.1 Å². The number of ether oxygens (including phenoxy) is 3. The van der Waals surface area contributed by atoms with Gasteiger partial charge in [0.15, 0.2) is 5.82 Å². The first-order valence-electron chi connectivity index (χ1n) is 15.4. The third-order valence-electron chi connectivity index (χ3n) is 7.90. The average molecular weight is 677 g/mol. The van der Waals surface area contributed by atoms with Gasteiger partial charge < -0.3 is 24.8 Å². The zero-order valence-corrected chi connectivity index (χ0v) is 27.1. The molecule has 1 aromatic heterocycles. The molecule has 3 aromatic rings. The van der Waals surface area contributed by atoms with E-state index in [0.717, 1.165) is 40.8 Å². The molecule has 0 aliphatic carbocycles. The maximum Gasteiger partial charge on any atom is 0.434 e. The fraction of sp³-hybridized carbons (Fsp3) is 0.452. The van der Waals surface area contributed by atoms with Crippen LogP contribution in [0.1, 0.15) is 41.4 Å². The Bertz CT molecular complexity index is 1690. The molecule has 5 rings (SSSR count). The van der Waals surface area contributed by atoms with E-state index in [1.807, 2.05) is 0 Å². The molecular formula is C31H38F2N6O7S. The molecule has 0 unspecified atom stereocenters. The standard InChI is InChI=1S/C31H38F2N6O7S/c1-3-45-31(41)39-28-8-12-38(47(42,43)24-17-21(32)16-22(33)18-24)20-26(28)29(36-39)35-30(40)25-7-6-23(19-27(25)34-9-14-44-2)46-15-13-37-10-4-5-11-37/h6-7,16-19,34H,3-5,8-15,20H2,1-2H3,(H,35,36,40). The number of anilines is 2. The van der Waals surface area contributed by atoms with Crippen LogP contribution in [0.3, 0.4) is 0 Å². The first kappa shape index (κ1) is 34.2. The van der Waals surface area contributed by atoms with Gasteiger partial charge in [-0.2, -0.15) is 8.99 Å². The first-order chi connectivity index (χ1) is 22.6. The molecule has 2 N–H and O–H groups in total. The van der Waals surface area contributed by atoms with Gasteiger partial charge in [-0.1, -0.05) is 0 Å². The normalized spacial score (nSPS) is 15.3. The number of carbonyl (C=O) groups excluding carboxylic acids is 2. The van der Waals surface area contributed by atoms with E-state index in [4.69, 9.17) is 14.2 Å². The van der Waals surface area contributed by atoms with E-state index in [2.05, 4.69) is 20.6 Å². The van der Waals surface area contributed by atoms with Gasteiger partial charge in [0.1, 0.15) is 24.0 Å². The van der Waals surface area contributed by atoms with Gasteiger partial charge >= 0.3 is 6.09 Å². The Morgan fingerprint density at radius 2 is 1.77 bits per heavy atom. The second kappa shape index (κ2) is 15.2. The molecule has 254 valence electrons. The van der Waals surface area contributed by atoms with Crippen LogP contribution in [0, 0.1) is 11.6 Å². The highest BCUT2D eigenvalue weighted by molar-refractivity contribution is 7.89. The molecule has 0 spiro atoms. The second-order valence-electron chi connectivity index (χ2n) is 11.1. The van der Waals surface area contributed by atoms with Crippen molar-refractivity contribution in [3.05, 3.63) is 64.9 Å². The Labute approximate surface area is 271 Å². The number of rotatable bonds is 13. The van der Waals surface area contributed by atoms with Crippen LogP contribution in [0.4, 0.5) is 25.1 Å². The molecule has 1 saturated heterocycles. The number of nitrogens with zero attached hydrogens (tertiary/aromatic N) is 4. The first-order valence-corrected chi connectivity index (χ1v) is 16.8. The van der Waals surface area contributed by atoms with Crippen molar-refractivity contribution in [3.8, 4) is 5.75 Å². The number of amides is 1. The van der Waals surface area contributed by atoms with Crippen LogP contribution >= 0.6 is 0 Å².